The third kappa shape index (κ3) is 5.64. The van der Waals surface area contributed by atoms with Gasteiger partial charge in [-0.15, -0.1) is 0 Å². The van der Waals surface area contributed by atoms with Gasteiger partial charge in [-0.1, -0.05) is 12.1 Å². The number of amides is 1. The molecular formula is C28H36N4O4. The molecule has 192 valence electrons. The van der Waals surface area contributed by atoms with Crippen molar-refractivity contribution in [3.8, 4) is 5.75 Å². The summed E-state index contributed by atoms with van der Waals surface area (Å²) >= 11 is 0. The Balaban J connectivity index is 1.22. The fourth-order valence-corrected chi connectivity index (χ4v) is 5.67. The van der Waals surface area contributed by atoms with Gasteiger partial charge in [-0.25, -0.2) is 4.98 Å². The summed E-state index contributed by atoms with van der Waals surface area (Å²) < 4.78 is 10.9. The topological polar surface area (TPSA) is 75.2 Å². The van der Waals surface area contributed by atoms with Crippen LogP contribution in [0.2, 0.25) is 0 Å². The van der Waals surface area contributed by atoms with E-state index in [4.69, 9.17) is 9.47 Å². The Morgan fingerprint density at radius 1 is 1.06 bits per heavy atom. The first-order valence-electron chi connectivity index (χ1n) is 13.1. The zero-order valence-corrected chi connectivity index (χ0v) is 21.1. The van der Waals surface area contributed by atoms with E-state index in [1.165, 1.54) is 12.7 Å². The molecule has 0 radical (unpaired) electrons. The highest BCUT2D eigenvalue weighted by Crippen LogP contribution is 2.29. The maximum absolute atomic E-state index is 13.6. The van der Waals surface area contributed by atoms with Gasteiger partial charge in [0.25, 0.3) is 0 Å². The molecule has 2 saturated heterocycles. The third-order valence-electron chi connectivity index (χ3n) is 7.69. The Kier molecular flexibility index (Phi) is 7.70. The van der Waals surface area contributed by atoms with Crippen LogP contribution in [0.5, 0.6) is 5.75 Å². The summed E-state index contributed by atoms with van der Waals surface area (Å²) in [5.74, 6) is 1.92. The van der Waals surface area contributed by atoms with Crippen molar-refractivity contribution in [3.63, 3.8) is 0 Å². The molecule has 1 atom stereocenters. The summed E-state index contributed by atoms with van der Waals surface area (Å²) in [5.41, 5.74) is 2.28. The van der Waals surface area contributed by atoms with E-state index in [0.717, 1.165) is 69.0 Å². The molecule has 0 spiro atoms. The Bertz CT molecular complexity index is 1050. The molecule has 0 bridgehead atoms. The molecule has 2 fully saturated rings. The molecule has 1 amide bonds. The molecule has 5 rings (SSSR count). The lowest BCUT2D eigenvalue weighted by Crippen LogP contribution is -2.45. The standard InChI is InChI=1S/C28H36N4O4/c1-35-28(34)22-9-13-30(14-10-22)18-21-7-8-25-24(17-21)20-32(15-16-36-25)27(33)23-5-4-12-31(19-23)26-6-2-3-11-29-26/h2-3,6-8,11,17,22-23H,4-5,9-10,12-16,18-20H2,1H3. The number of methoxy groups -OCH3 is 1. The number of hydrogen-bond donors (Lipinski definition) is 0. The van der Waals surface area contributed by atoms with Crippen LogP contribution in [0.1, 0.15) is 36.8 Å². The van der Waals surface area contributed by atoms with E-state index < -0.39 is 0 Å². The zero-order valence-electron chi connectivity index (χ0n) is 21.1. The largest absolute Gasteiger partial charge is 0.491 e. The van der Waals surface area contributed by atoms with Crippen molar-refractivity contribution in [2.75, 3.05) is 51.3 Å². The van der Waals surface area contributed by atoms with E-state index in [0.29, 0.717) is 26.2 Å². The molecule has 0 saturated carbocycles. The lowest BCUT2D eigenvalue weighted by molar-refractivity contribution is -0.147. The summed E-state index contributed by atoms with van der Waals surface area (Å²) in [4.78, 5) is 36.5. The van der Waals surface area contributed by atoms with Gasteiger partial charge < -0.3 is 19.3 Å². The van der Waals surface area contributed by atoms with E-state index >= 15 is 0 Å². The number of fused-ring (bicyclic) bond motifs is 1. The second kappa shape index (κ2) is 11.3. The highest BCUT2D eigenvalue weighted by atomic mass is 16.5. The van der Waals surface area contributed by atoms with Crippen LogP contribution in [-0.4, -0.2) is 73.1 Å². The summed E-state index contributed by atoms with van der Waals surface area (Å²) in [7, 11) is 1.46. The van der Waals surface area contributed by atoms with Gasteiger partial charge in [0, 0.05) is 37.9 Å². The number of benzene rings is 1. The SMILES string of the molecule is COC(=O)C1CCN(Cc2ccc3c(c2)CN(C(=O)C2CCCN(c4ccccn4)C2)CCO3)CC1. The van der Waals surface area contributed by atoms with Crippen LogP contribution in [0, 0.1) is 11.8 Å². The lowest BCUT2D eigenvalue weighted by atomic mass is 9.96. The summed E-state index contributed by atoms with van der Waals surface area (Å²) in [5, 5.41) is 0. The van der Waals surface area contributed by atoms with Crippen LogP contribution < -0.4 is 9.64 Å². The van der Waals surface area contributed by atoms with E-state index in [-0.39, 0.29) is 23.7 Å². The number of esters is 1. The number of piperidine rings is 2. The van der Waals surface area contributed by atoms with Crippen molar-refractivity contribution in [1.29, 1.82) is 0 Å². The Labute approximate surface area is 213 Å². The van der Waals surface area contributed by atoms with Crippen molar-refractivity contribution in [2.45, 2.75) is 38.8 Å². The second-order valence-electron chi connectivity index (χ2n) is 10.1. The maximum atomic E-state index is 13.6. The predicted molar refractivity (Wildman–Crippen MR) is 137 cm³/mol. The number of pyridine rings is 1. The van der Waals surface area contributed by atoms with Gasteiger partial charge in [-0.05, 0) is 68.6 Å². The minimum Gasteiger partial charge on any atom is -0.491 e. The molecule has 36 heavy (non-hydrogen) atoms. The van der Waals surface area contributed by atoms with Gasteiger partial charge in [0.15, 0.2) is 0 Å². The summed E-state index contributed by atoms with van der Waals surface area (Å²) in [6.45, 7) is 5.93. The second-order valence-corrected chi connectivity index (χ2v) is 10.1. The van der Waals surface area contributed by atoms with Crippen molar-refractivity contribution in [2.24, 2.45) is 11.8 Å². The van der Waals surface area contributed by atoms with Crippen molar-refractivity contribution >= 4 is 17.7 Å². The molecular weight excluding hydrogens is 456 g/mol. The van der Waals surface area contributed by atoms with Crippen molar-refractivity contribution in [3.05, 3.63) is 53.7 Å². The predicted octanol–water partition coefficient (Wildman–Crippen LogP) is 3.10. The van der Waals surface area contributed by atoms with E-state index in [9.17, 15) is 9.59 Å². The molecule has 3 aliphatic rings. The molecule has 0 N–H and O–H groups in total. The quantitative estimate of drug-likeness (QED) is 0.594. The maximum Gasteiger partial charge on any atom is 0.308 e. The van der Waals surface area contributed by atoms with E-state index in [1.807, 2.05) is 35.4 Å². The molecule has 1 aromatic carbocycles. The molecule has 3 aliphatic heterocycles. The number of hydrogen-bond acceptors (Lipinski definition) is 7. The number of ether oxygens (including phenoxy) is 2. The van der Waals surface area contributed by atoms with Gasteiger partial charge >= 0.3 is 5.97 Å². The van der Waals surface area contributed by atoms with Crippen LogP contribution in [0.15, 0.2) is 42.6 Å². The molecule has 1 unspecified atom stereocenters. The normalized spacial score (nSPS) is 21.3. The number of anilines is 1. The van der Waals surface area contributed by atoms with Crippen LogP contribution >= 0.6 is 0 Å². The zero-order chi connectivity index (χ0) is 24.9. The van der Waals surface area contributed by atoms with Crippen LogP contribution in [0.4, 0.5) is 5.82 Å². The Hall–Kier alpha value is -3.13. The van der Waals surface area contributed by atoms with Gasteiger partial charge in [-0.3, -0.25) is 14.5 Å². The number of nitrogens with zero attached hydrogens (tertiary/aromatic N) is 4. The van der Waals surface area contributed by atoms with Gasteiger partial charge in [0.05, 0.1) is 25.5 Å². The lowest BCUT2D eigenvalue weighted by Gasteiger charge is -2.35. The molecule has 8 heteroatoms. The monoisotopic (exact) mass is 492 g/mol. The Morgan fingerprint density at radius 3 is 2.69 bits per heavy atom. The third-order valence-corrected chi connectivity index (χ3v) is 7.69. The highest BCUT2D eigenvalue weighted by molar-refractivity contribution is 5.80. The number of aromatic nitrogens is 1. The number of likely N-dealkylation sites (tertiary alicyclic amines) is 1. The minimum atomic E-state index is -0.0947. The van der Waals surface area contributed by atoms with Crippen LogP contribution in [0.3, 0.4) is 0 Å². The average molecular weight is 493 g/mol. The van der Waals surface area contributed by atoms with Gasteiger partial charge in [0.2, 0.25) is 5.91 Å². The van der Waals surface area contributed by atoms with Crippen molar-refractivity contribution in [1.82, 2.24) is 14.8 Å². The first kappa shape index (κ1) is 24.6. The molecule has 4 heterocycles. The van der Waals surface area contributed by atoms with E-state index in [2.05, 4.69) is 26.9 Å². The van der Waals surface area contributed by atoms with E-state index in [1.54, 1.807) is 0 Å². The highest BCUT2D eigenvalue weighted by Gasteiger charge is 2.31. The first-order valence-corrected chi connectivity index (χ1v) is 13.1. The molecule has 8 nitrogen and oxygen atoms in total. The first-order chi connectivity index (χ1) is 17.6. The van der Waals surface area contributed by atoms with Crippen LogP contribution in [-0.2, 0) is 27.4 Å². The fraction of sp³-hybridized carbons (Fsp3) is 0.536. The summed E-state index contributed by atoms with van der Waals surface area (Å²) in [6.07, 6.45) is 5.38. The van der Waals surface area contributed by atoms with Crippen LogP contribution in [0.25, 0.3) is 0 Å². The molecule has 1 aromatic heterocycles. The summed E-state index contributed by atoms with van der Waals surface area (Å²) in [6, 6.07) is 12.3. The smallest absolute Gasteiger partial charge is 0.308 e. The number of carbonyl (C=O) groups excluding carboxylic acids is 2. The average Bonchev–Trinajstić information content (AvgIpc) is 3.15. The molecule has 2 aromatic rings. The number of carbonyl (C=O) groups is 2. The Morgan fingerprint density at radius 2 is 1.92 bits per heavy atom. The molecule has 0 aliphatic carbocycles. The fourth-order valence-electron chi connectivity index (χ4n) is 5.67. The minimum absolute atomic E-state index is 0.0136. The number of rotatable bonds is 5. The van der Waals surface area contributed by atoms with Gasteiger partial charge in [-0.2, -0.15) is 0 Å². The van der Waals surface area contributed by atoms with Crippen molar-refractivity contribution < 1.29 is 19.1 Å². The van der Waals surface area contributed by atoms with Gasteiger partial charge in [0.1, 0.15) is 18.2 Å².